The molecule has 12 heavy (non-hydrogen) atoms. The van der Waals surface area contributed by atoms with Crippen LogP contribution in [0.4, 0.5) is 8.78 Å². The van der Waals surface area contributed by atoms with E-state index in [4.69, 9.17) is 0 Å². The van der Waals surface area contributed by atoms with E-state index in [1.807, 2.05) is 0 Å². The van der Waals surface area contributed by atoms with Crippen LogP contribution in [0.1, 0.15) is 5.56 Å². The summed E-state index contributed by atoms with van der Waals surface area (Å²) in [4.78, 5) is 0. The van der Waals surface area contributed by atoms with Crippen LogP contribution in [0.15, 0.2) is 18.2 Å². The number of benzene rings is 1. The third kappa shape index (κ3) is 4.63. The van der Waals surface area contributed by atoms with Gasteiger partial charge in [-0.1, -0.05) is 6.07 Å². The van der Waals surface area contributed by atoms with Gasteiger partial charge in [0.25, 0.3) is 0 Å². The van der Waals surface area contributed by atoms with Crippen molar-refractivity contribution >= 4 is 27.2 Å². The standard InChI is InChI=1S/C7H5F2.2BrH.Zn/c1-5-6(8)3-2-4-7(5)9;;;/h2-4H,1H2;2*1H;/q;;;+2/p-2. The number of rotatable bonds is 0. The van der Waals surface area contributed by atoms with Crippen molar-refractivity contribution < 1.29 is 22.0 Å². The Labute approximate surface area is 91.0 Å². The molecule has 0 aliphatic carbocycles. The van der Waals surface area contributed by atoms with Crippen molar-refractivity contribution in [2.24, 2.45) is 0 Å². The molecular weight excluding hydrogens is 347 g/mol. The van der Waals surface area contributed by atoms with E-state index in [-0.39, 0.29) is 18.8 Å². The molecule has 1 radical (unpaired) electrons. The molecule has 63 valence electrons. The van der Waals surface area contributed by atoms with Crippen LogP contribution in [-0.2, 0) is 13.2 Å². The minimum absolute atomic E-state index is 0.169. The predicted octanol–water partition coefficient (Wildman–Crippen LogP) is 3.84. The minimum Gasteiger partial charge on any atom is -0.207 e. The molecule has 0 nitrogen and oxygen atoms in total. The largest absolute Gasteiger partial charge is 0.207 e. The van der Waals surface area contributed by atoms with Gasteiger partial charge in [0.1, 0.15) is 11.6 Å². The van der Waals surface area contributed by atoms with E-state index in [1.54, 1.807) is 0 Å². The molecule has 0 aromatic heterocycles. The van der Waals surface area contributed by atoms with Crippen LogP contribution in [0.2, 0.25) is 0 Å². The van der Waals surface area contributed by atoms with E-state index < -0.39 is 11.6 Å². The summed E-state index contributed by atoms with van der Waals surface area (Å²) >= 11 is 6.25. The van der Waals surface area contributed by atoms with Gasteiger partial charge >= 0.3 is 40.5 Å². The zero-order chi connectivity index (χ0) is 9.56. The van der Waals surface area contributed by atoms with E-state index in [0.717, 1.165) is 0 Å². The molecule has 0 saturated heterocycles. The van der Waals surface area contributed by atoms with Crippen LogP contribution in [0.5, 0.6) is 0 Å². The second-order valence-electron chi connectivity index (χ2n) is 1.80. The normalized spacial score (nSPS) is 8.08. The van der Waals surface area contributed by atoms with Gasteiger partial charge in [-0.15, -0.1) is 0 Å². The minimum atomic E-state index is -0.602. The summed E-state index contributed by atoms with van der Waals surface area (Å²) in [7, 11) is 0. The molecule has 0 N–H and O–H groups in total. The molecule has 0 saturated carbocycles. The van der Waals surface area contributed by atoms with Crippen molar-refractivity contribution in [1.82, 2.24) is 0 Å². The zero-order valence-electron chi connectivity index (χ0n) is 6.16. The van der Waals surface area contributed by atoms with E-state index in [0.29, 0.717) is 0 Å². The summed E-state index contributed by atoms with van der Waals surface area (Å²) in [5.41, 5.74) is -0.169. The number of hydrogen-bond acceptors (Lipinski definition) is 0. The van der Waals surface area contributed by atoms with Crippen LogP contribution >= 0.6 is 27.2 Å². The molecule has 0 unspecified atom stereocenters. The molecule has 0 heterocycles. The van der Waals surface area contributed by atoms with Gasteiger partial charge in [0.2, 0.25) is 0 Å². The summed E-state index contributed by atoms with van der Waals surface area (Å²) in [6.45, 7) is 3.17. The Bertz CT molecular complexity index is 223. The Hall–Kier alpha value is 0.663. The first kappa shape index (κ1) is 12.7. The van der Waals surface area contributed by atoms with Gasteiger partial charge < -0.3 is 0 Å². The molecule has 0 atom stereocenters. The fourth-order valence-electron chi connectivity index (χ4n) is 0.532. The fraction of sp³-hybridized carbons (Fsp3) is 0. The Morgan fingerprint density at radius 1 is 1.17 bits per heavy atom. The van der Waals surface area contributed by atoms with Gasteiger partial charge in [0, 0.05) is 5.56 Å². The third-order valence-electron chi connectivity index (χ3n) is 1.06. The molecule has 5 heteroatoms. The molecule has 0 amide bonds. The molecule has 0 bridgehead atoms. The summed E-state index contributed by atoms with van der Waals surface area (Å²) < 4.78 is 24.6. The summed E-state index contributed by atoms with van der Waals surface area (Å²) in [5, 5.41) is 0. The van der Waals surface area contributed by atoms with Crippen LogP contribution in [-0.4, -0.2) is 0 Å². The quantitative estimate of drug-likeness (QED) is 0.623. The molecule has 1 aromatic carbocycles. The zero-order valence-corrected chi connectivity index (χ0v) is 12.3. The first-order valence-electron chi connectivity index (χ1n) is 3.01. The first-order valence-corrected chi connectivity index (χ1v) is 16.9. The van der Waals surface area contributed by atoms with E-state index in [9.17, 15) is 8.78 Å². The fourth-order valence-corrected chi connectivity index (χ4v) is 0.532. The van der Waals surface area contributed by atoms with E-state index >= 15 is 0 Å². The van der Waals surface area contributed by atoms with Crippen molar-refractivity contribution in [2.75, 3.05) is 0 Å². The predicted molar refractivity (Wildman–Crippen MR) is 48.7 cm³/mol. The molecule has 0 aliphatic rings. The first-order chi connectivity index (χ1) is 5.63. The maximum absolute atomic E-state index is 12.3. The maximum atomic E-state index is 12.3. The Morgan fingerprint density at radius 2 is 1.50 bits per heavy atom. The van der Waals surface area contributed by atoms with Gasteiger partial charge in [0.05, 0.1) is 0 Å². The Morgan fingerprint density at radius 3 is 1.75 bits per heavy atom. The Kier molecular flexibility index (Phi) is 7.50. The molecule has 1 rings (SSSR count). The molecule has 0 aliphatic heterocycles. The van der Waals surface area contributed by atoms with Gasteiger partial charge in [0.15, 0.2) is 0 Å². The molecular formula is C7H5Br2F2Zn. The summed E-state index contributed by atoms with van der Waals surface area (Å²) in [5.74, 6) is -1.20. The van der Waals surface area contributed by atoms with Gasteiger partial charge in [-0.05, 0) is 19.1 Å². The molecule has 1 aromatic rings. The number of halogens is 4. The SMILES string of the molecule is [Br][Zn][Br].[CH2]c1c(F)cccc1F. The van der Waals surface area contributed by atoms with Crippen molar-refractivity contribution in [2.45, 2.75) is 0 Å². The summed E-state index contributed by atoms with van der Waals surface area (Å²) in [6.07, 6.45) is 0. The van der Waals surface area contributed by atoms with E-state index in [2.05, 4.69) is 34.2 Å². The van der Waals surface area contributed by atoms with Crippen LogP contribution in [0.3, 0.4) is 0 Å². The van der Waals surface area contributed by atoms with Crippen molar-refractivity contribution in [1.29, 1.82) is 0 Å². The van der Waals surface area contributed by atoms with E-state index in [1.165, 1.54) is 18.2 Å². The third-order valence-corrected chi connectivity index (χ3v) is 1.06. The van der Waals surface area contributed by atoms with Gasteiger partial charge in [-0.3, -0.25) is 0 Å². The monoisotopic (exact) mass is 349 g/mol. The maximum Gasteiger partial charge on any atom is 0.129 e. The molecule has 0 fully saturated rings. The average molecular weight is 352 g/mol. The average Bonchev–Trinajstić information content (AvgIpc) is 2.02. The second-order valence-corrected chi connectivity index (χ2v) is 15.9. The van der Waals surface area contributed by atoms with Gasteiger partial charge in [-0.25, -0.2) is 8.78 Å². The van der Waals surface area contributed by atoms with Crippen molar-refractivity contribution in [3.63, 3.8) is 0 Å². The van der Waals surface area contributed by atoms with Gasteiger partial charge in [-0.2, -0.15) is 0 Å². The van der Waals surface area contributed by atoms with Crippen LogP contribution in [0, 0.1) is 18.6 Å². The second kappa shape index (κ2) is 7.10. The smallest absolute Gasteiger partial charge is 0.129 e. The molecule has 0 spiro atoms. The van der Waals surface area contributed by atoms with Crippen LogP contribution in [0.25, 0.3) is 0 Å². The van der Waals surface area contributed by atoms with Crippen LogP contribution < -0.4 is 0 Å². The van der Waals surface area contributed by atoms with Crippen molar-refractivity contribution in [3.8, 4) is 0 Å². The van der Waals surface area contributed by atoms with Crippen molar-refractivity contribution in [3.05, 3.63) is 42.3 Å². The number of hydrogen-bond donors (Lipinski definition) is 0. The topological polar surface area (TPSA) is 0 Å². The summed E-state index contributed by atoms with van der Waals surface area (Å²) in [6, 6.07) is 3.65. The Balaban J connectivity index is 0.000000354.